The van der Waals surface area contributed by atoms with Crippen molar-refractivity contribution in [3.63, 3.8) is 0 Å². The van der Waals surface area contributed by atoms with Crippen LogP contribution in [0.1, 0.15) is 0 Å². The molecule has 0 bridgehead atoms. The molecule has 1 heteroatoms. The van der Waals surface area contributed by atoms with Crippen LogP contribution in [0, 0.1) is 12.1 Å². The van der Waals surface area contributed by atoms with Gasteiger partial charge in [-0.15, -0.1) is 0 Å². The van der Waals surface area contributed by atoms with E-state index in [4.69, 9.17) is 11.6 Å². The summed E-state index contributed by atoms with van der Waals surface area (Å²) in [6.45, 7) is 0. The minimum Gasteiger partial charge on any atom is -0.0836 e. The highest BCUT2D eigenvalue weighted by Gasteiger charge is 2.00. The summed E-state index contributed by atoms with van der Waals surface area (Å²) in [7, 11) is 0. The first kappa shape index (κ1) is 8.33. The molecular weight excluding hydrogens is 180 g/mol. The molecule has 0 aliphatic carbocycles. The summed E-state index contributed by atoms with van der Waals surface area (Å²) in [6.07, 6.45) is 0. The Morgan fingerprint density at radius 3 is 2.46 bits per heavy atom. The molecule has 62 valence electrons. The SMILES string of the molecule is Clc1ccc[c]c1-c1[c]cccc1. The van der Waals surface area contributed by atoms with E-state index in [-0.39, 0.29) is 0 Å². The van der Waals surface area contributed by atoms with Crippen molar-refractivity contribution in [3.05, 3.63) is 59.6 Å². The fourth-order valence-electron chi connectivity index (χ4n) is 1.17. The van der Waals surface area contributed by atoms with Crippen molar-refractivity contribution >= 4 is 11.6 Å². The third kappa shape index (κ3) is 1.73. The lowest BCUT2D eigenvalue weighted by atomic mass is 10.1. The molecule has 0 amide bonds. The molecular formula is C12H7Cl. The van der Waals surface area contributed by atoms with E-state index in [1.807, 2.05) is 42.5 Å². The summed E-state index contributed by atoms with van der Waals surface area (Å²) in [4.78, 5) is 0. The number of hydrogen-bond acceptors (Lipinski definition) is 0. The summed E-state index contributed by atoms with van der Waals surface area (Å²) in [5.41, 5.74) is 1.89. The van der Waals surface area contributed by atoms with Crippen LogP contribution in [0.25, 0.3) is 11.1 Å². The van der Waals surface area contributed by atoms with Crippen molar-refractivity contribution in [1.82, 2.24) is 0 Å². The highest BCUT2D eigenvalue weighted by atomic mass is 35.5. The Bertz CT molecular complexity index is 393. The van der Waals surface area contributed by atoms with Crippen molar-refractivity contribution in [3.8, 4) is 11.1 Å². The first-order valence-electron chi connectivity index (χ1n) is 4.01. The molecule has 2 aromatic rings. The van der Waals surface area contributed by atoms with Crippen molar-refractivity contribution in [1.29, 1.82) is 0 Å². The van der Waals surface area contributed by atoms with Gasteiger partial charge in [0.1, 0.15) is 0 Å². The second kappa shape index (κ2) is 3.63. The molecule has 0 aromatic heterocycles. The normalized spacial score (nSPS) is 9.92. The number of benzene rings is 2. The maximum Gasteiger partial charge on any atom is 0.0490 e. The zero-order chi connectivity index (χ0) is 9.10. The number of rotatable bonds is 1. The van der Waals surface area contributed by atoms with Crippen LogP contribution >= 0.6 is 11.6 Å². The lowest BCUT2D eigenvalue weighted by molar-refractivity contribution is 1.60. The van der Waals surface area contributed by atoms with Crippen LogP contribution in [0.2, 0.25) is 5.02 Å². The molecule has 0 N–H and O–H groups in total. The van der Waals surface area contributed by atoms with Gasteiger partial charge >= 0.3 is 0 Å². The summed E-state index contributed by atoms with van der Waals surface area (Å²) >= 11 is 6.01. The van der Waals surface area contributed by atoms with Gasteiger partial charge in [-0.2, -0.15) is 0 Å². The van der Waals surface area contributed by atoms with Crippen molar-refractivity contribution in [2.24, 2.45) is 0 Å². The van der Waals surface area contributed by atoms with Gasteiger partial charge in [-0.1, -0.05) is 48.0 Å². The van der Waals surface area contributed by atoms with Crippen LogP contribution < -0.4 is 0 Å². The van der Waals surface area contributed by atoms with Gasteiger partial charge in [-0.3, -0.25) is 0 Å². The van der Waals surface area contributed by atoms with E-state index in [0.29, 0.717) is 5.02 Å². The molecule has 0 atom stereocenters. The Morgan fingerprint density at radius 1 is 0.923 bits per heavy atom. The third-order valence-electron chi connectivity index (χ3n) is 1.78. The zero-order valence-corrected chi connectivity index (χ0v) is 7.68. The lowest BCUT2D eigenvalue weighted by Gasteiger charge is -2.01. The van der Waals surface area contributed by atoms with Crippen molar-refractivity contribution in [2.45, 2.75) is 0 Å². The minimum absolute atomic E-state index is 0.713. The molecule has 0 saturated heterocycles. The predicted molar refractivity (Wildman–Crippen MR) is 54.6 cm³/mol. The zero-order valence-electron chi connectivity index (χ0n) is 6.92. The first-order chi connectivity index (χ1) is 6.38. The average Bonchev–Trinajstić information content (AvgIpc) is 2.20. The van der Waals surface area contributed by atoms with Crippen molar-refractivity contribution in [2.75, 3.05) is 0 Å². The Labute approximate surface area is 82.8 Å². The van der Waals surface area contributed by atoms with Crippen LogP contribution in [-0.4, -0.2) is 0 Å². The van der Waals surface area contributed by atoms with E-state index in [2.05, 4.69) is 12.1 Å². The Morgan fingerprint density at radius 2 is 1.77 bits per heavy atom. The van der Waals surface area contributed by atoms with Gasteiger partial charge in [0.25, 0.3) is 0 Å². The number of halogens is 1. The van der Waals surface area contributed by atoms with Crippen LogP contribution in [-0.2, 0) is 0 Å². The summed E-state index contributed by atoms with van der Waals surface area (Å²) in [5, 5.41) is 0.713. The number of hydrogen-bond donors (Lipinski definition) is 0. The fourth-order valence-corrected chi connectivity index (χ4v) is 1.40. The van der Waals surface area contributed by atoms with Crippen LogP contribution in [0.3, 0.4) is 0 Å². The van der Waals surface area contributed by atoms with Gasteiger partial charge in [0.2, 0.25) is 0 Å². The molecule has 0 heterocycles. The van der Waals surface area contributed by atoms with Crippen LogP contribution in [0.15, 0.2) is 42.5 Å². The molecule has 0 spiro atoms. The largest absolute Gasteiger partial charge is 0.0836 e. The van der Waals surface area contributed by atoms with E-state index < -0.39 is 0 Å². The predicted octanol–water partition coefficient (Wildman–Crippen LogP) is 3.61. The molecule has 13 heavy (non-hydrogen) atoms. The van der Waals surface area contributed by atoms with Crippen molar-refractivity contribution < 1.29 is 0 Å². The average molecular weight is 187 g/mol. The summed E-state index contributed by atoms with van der Waals surface area (Å²) in [6, 6.07) is 19.5. The van der Waals surface area contributed by atoms with Gasteiger partial charge in [0.15, 0.2) is 0 Å². The summed E-state index contributed by atoms with van der Waals surface area (Å²) in [5.74, 6) is 0. The van der Waals surface area contributed by atoms with Crippen LogP contribution in [0.5, 0.6) is 0 Å². The monoisotopic (exact) mass is 186 g/mol. The molecule has 0 unspecified atom stereocenters. The van der Waals surface area contributed by atoms with E-state index in [0.717, 1.165) is 11.1 Å². The Hall–Kier alpha value is -1.27. The topological polar surface area (TPSA) is 0 Å². The lowest BCUT2D eigenvalue weighted by Crippen LogP contribution is -1.78. The molecule has 0 fully saturated rings. The third-order valence-corrected chi connectivity index (χ3v) is 2.10. The highest BCUT2D eigenvalue weighted by molar-refractivity contribution is 6.33. The second-order valence-corrected chi connectivity index (χ2v) is 3.08. The molecule has 2 radical (unpaired) electrons. The molecule has 0 nitrogen and oxygen atoms in total. The van der Waals surface area contributed by atoms with Gasteiger partial charge in [-0.05, 0) is 23.8 Å². The quantitative estimate of drug-likeness (QED) is 0.638. The molecule has 2 rings (SSSR count). The Balaban J connectivity index is 2.54. The Kier molecular flexibility index (Phi) is 2.33. The summed E-state index contributed by atoms with van der Waals surface area (Å²) < 4.78 is 0. The smallest absolute Gasteiger partial charge is 0.0490 e. The first-order valence-corrected chi connectivity index (χ1v) is 4.39. The van der Waals surface area contributed by atoms with Gasteiger partial charge < -0.3 is 0 Å². The van der Waals surface area contributed by atoms with Gasteiger partial charge in [0.05, 0.1) is 0 Å². The van der Waals surface area contributed by atoms with E-state index in [1.165, 1.54) is 0 Å². The van der Waals surface area contributed by atoms with Gasteiger partial charge in [0, 0.05) is 10.6 Å². The van der Waals surface area contributed by atoms with Crippen LogP contribution in [0.4, 0.5) is 0 Å². The molecule has 2 aromatic carbocycles. The molecule has 0 aliphatic rings. The maximum atomic E-state index is 6.01. The highest BCUT2D eigenvalue weighted by Crippen LogP contribution is 2.25. The standard InChI is InChI=1S/C12H7Cl/c13-12-9-5-4-8-11(12)10-6-2-1-3-7-10/h1-6,9H. The molecule has 0 saturated carbocycles. The second-order valence-electron chi connectivity index (χ2n) is 2.67. The van der Waals surface area contributed by atoms with Gasteiger partial charge in [-0.25, -0.2) is 0 Å². The maximum absolute atomic E-state index is 6.01. The fraction of sp³-hybridized carbons (Fsp3) is 0. The molecule has 0 aliphatic heterocycles. The van der Waals surface area contributed by atoms with E-state index in [9.17, 15) is 0 Å². The minimum atomic E-state index is 0.713. The van der Waals surface area contributed by atoms with E-state index >= 15 is 0 Å². The van der Waals surface area contributed by atoms with E-state index in [1.54, 1.807) is 0 Å².